The van der Waals surface area contributed by atoms with Crippen LogP contribution in [0.3, 0.4) is 0 Å². The molecule has 8 nitrogen and oxygen atoms in total. The van der Waals surface area contributed by atoms with Gasteiger partial charge in [0, 0.05) is 45.3 Å². The highest BCUT2D eigenvalue weighted by atomic mass is 16.7. The lowest BCUT2D eigenvalue weighted by molar-refractivity contribution is -0.197. The number of nitrogens with zero attached hydrogens (tertiary/aromatic N) is 1. The minimum absolute atomic E-state index is 0.0279. The second kappa shape index (κ2) is 18.2. The molecule has 51 heavy (non-hydrogen) atoms. The van der Waals surface area contributed by atoms with Crippen molar-refractivity contribution in [3.05, 3.63) is 11.6 Å². The molecule has 0 spiro atoms. The van der Waals surface area contributed by atoms with Gasteiger partial charge in [-0.25, -0.2) is 4.79 Å². The van der Waals surface area contributed by atoms with Crippen LogP contribution in [0.25, 0.3) is 0 Å². The van der Waals surface area contributed by atoms with E-state index in [0.29, 0.717) is 36.5 Å². The van der Waals surface area contributed by atoms with Gasteiger partial charge in [0.25, 0.3) is 11.8 Å². The van der Waals surface area contributed by atoms with Crippen molar-refractivity contribution in [1.29, 1.82) is 0 Å². The van der Waals surface area contributed by atoms with Gasteiger partial charge >= 0.3 is 11.9 Å². The molecule has 5 aliphatic rings. The number of allylic oxidation sites excluding steroid dienone is 1. The number of hydroxylamine groups is 2. The van der Waals surface area contributed by atoms with Crippen LogP contribution in [0.4, 0.5) is 0 Å². The van der Waals surface area contributed by atoms with Gasteiger partial charge in [-0.1, -0.05) is 78.4 Å². The van der Waals surface area contributed by atoms with Gasteiger partial charge in [-0.15, -0.1) is 5.06 Å². The molecule has 1 saturated heterocycles. The third-order valence-electron chi connectivity index (χ3n) is 14.1. The summed E-state index contributed by atoms with van der Waals surface area (Å²) in [4.78, 5) is 52.6. The third kappa shape index (κ3) is 9.86. The van der Waals surface area contributed by atoms with Gasteiger partial charge in [0.2, 0.25) is 0 Å². The predicted octanol–water partition coefficient (Wildman–Crippen LogP) is 9.68. The second-order valence-electron chi connectivity index (χ2n) is 17.9. The van der Waals surface area contributed by atoms with E-state index >= 15 is 0 Å². The van der Waals surface area contributed by atoms with E-state index in [2.05, 4.69) is 40.7 Å². The van der Waals surface area contributed by atoms with Crippen LogP contribution in [-0.2, 0) is 33.5 Å². The fourth-order valence-corrected chi connectivity index (χ4v) is 11.2. The number of rotatable bonds is 19. The molecule has 8 heteroatoms. The smallest absolute Gasteiger partial charge is 0.333 e. The first-order valence-corrected chi connectivity index (χ1v) is 21.0. The summed E-state index contributed by atoms with van der Waals surface area (Å²) in [5.41, 5.74) is 2.37. The van der Waals surface area contributed by atoms with Gasteiger partial charge < -0.3 is 14.3 Å². The van der Waals surface area contributed by atoms with E-state index in [1.807, 2.05) is 0 Å². The zero-order chi connectivity index (χ0) is 36.6. The Morgan fingerprint density at radius 3 is 2.18 bits per heavy atom. The lowest BCUT2D eigenvalue weighted by Crippen LogP contribution is -2.51. The Balaban J connectivity index is 0.933. The minimum atomic E-state index is -0.550. The standard InChI is InChI=1S/C43H69NO7/c1-30(2)13-12-14-31(3)35-19-20-36-34-18-17-32-29-33(23-25-42(32,4)37(34)24-26-43(35,36)5)50-40(47)15-8-6-10-27-49-28-11-7-9-16-41(48)51-44-38(45)21-22-39(44)46/h17,30-31,33-37H,6-16,18-29H2,1-5H3/t31-,33?,34?,35-,36?,37?,42+,43-/m1/s1. The van der Waals surface area contributed by atoms with Crippen LogP contribution in [0.1, 0.15) is 169 Å². The maximum absolute atomic E-state index is 12.8. The van der Waals surface area contributed by atoms with Crippen LogP contribution >= 0.6 is 0 Å². The molecule has 0 radical (unpaired) electrons. The highest BCUT2D eigenvalue weighted by molar-refractivity contribution is 6.01. The van der Waals surface area contributed by atoms with E-state index in [-0.39, 0.29) is 36.8 Å². The number of fused-ring (bicyclic) bond motifs is 5. The summed E-state index contributed by atoms with van der Waals surface area (Å²) in [7, 11) is 0. The van der Waals surface area contributed by atoms with E-state index in [0.717, 1.165) is 86.9 Å². The Hall–Kier alpha value is -2.22. The van der Waals surface area contributed by atoms with Crippen molar-refractivity contribution in [2.24, 2.45) is 46.3 Å². The van der Waals surface area contributed by atoms with Gasteiger partial charge in [0.05, 0.1) is 0 Å². The number of ether oxygens (including phenoxy) is 2. The minimum Gasteiger partial charge on any atom is -0.462 e. The van der Waals surface area contributed by atoms with E-state index in [1.54, 1.807) is 5.57 Å². The summed E-state index contributed by atoms with van der Waals surface area (Å²) >= 11 is 0. The number of hydrogen-bond donors (Lipinski definition) is 0. The Kier molecular flexibility index (Phi) is 14.3. The number of imide groups is 1. The Bertz CT molecular complexity index is 1230. The van der Waals surface area contributed by atoms with E-state index < -0.39 is 17.8 Å². The highest BCUT2D eigenvalue weighted by Crippen LogP contribution is 2.67. The molecular weight excluding hydrogens is 642 g/mol. The molecule has 0 aromatic carbocycles. The number of hydrogen-bond acceptors (Lipinski definition) is 7. The maximum Gasteiger partial charge on any atom is 0.333 e. The molecule has 2 amide bonds. The van der Waals surface area contributed by atoms with Crippen molar-refractivity contribution in [3.63, 3.8) is 0 Å². The molecule has 0 N–H and O–H groups in total. The van der Waals surface area contributed by atoms with E-state index in [4.69, 9.17) is 14.3 Å². The quantitative estimate of drug-likeness (QED) is 0.0569. The number of carbonyl (C=O) groups is 4. The normalized spacial score (nSPS) is 32.3. The Labute approximate surface area is 308 Å². The van der Waals surface area contributed by atoms with Gasteiger partial charge in [0.1, 0.15) is 6.10 Å². The zero-order valence-electron chi connectivity index (χ0n) is 32.7. The first kappa shape index (κ1) is 40.0. The topological polar surface area (TPSA) is 99.2 Å². The molecule has 4 aliphatic carbocycles. The van der Waals surface area contributed by atoms with Crippen molar-refractivity contribution in [1.82, 2.24) is 5.06 Å². The lowest BCUT2D eigenvalue weighted by Gasteiger charge is -2.58. The molecule has 5 rings (SSSR count). The first-order chi connectivity index (χ1) is 24.4. The molecule has 4 unspecified atom stereocenters. The first-order valence-electron chi connectivity index (χ1n) is 21.0. The summed E-state index contributed by atoms with van der Waals surface area (Å²) in [6.07, 6.45) is 22.5. The zero-order valence-corrected chi connectivity index (χ0v) is 32.7. The third-order valence-corrected chi connectivity index (χ3v) is 14.1. The van der Waals surface area contributed by atoms with Crippen molar-refractivity contribution in [2.45, 2.75) is 176 Å². The summed E-state index contributed by atoms with van der Waals surface area (Å²) in [5, 5.41) is 0.600. The largest absolute Gasteiger partial charge is 0.462 e. The fraction of sp³-hybridized carbons (Fsp3) is 0.860. The van der Waals surface area contributed by atoms with E-state index in [1.165, 1.54) is 51.4 Å². The number of carbonyl (C=O) groups excluding carboxylic acids is 4. The average molecular weight is 712 g/mol. The van der Waals surface area contributed by atoms with Crippen molar-refractivity contribution in [3.8, 4) is 0 Å². The van der Waals surface area contributed by atoms with Crippen molar-refractivity contribution < 1.29 is 33.5 Å². The molecule has 3 saturated carbocycles. The van der Waals surface area contributed by atoms with Crippen LogP contribution < -0.4 is 0 Å². The number of unbranched alkanes of at least 4 members (excludes halogenated alkanes) is 4. The van der Waals surface area contributed by atoms with E-state index in [9.17, 15) is 19.2 Å². The monoisotopic (exact) mass is 712 g/mol. The molecule has 4 fully saturated rings. The molecular formula is C43H69NO7. The summed E-state index contributed by atoms with van der Waals surface area (Å²) in [6, 6.07) is 0. The highest BCUT2D eigenvalue weighted by Gasteiger charge is 2.59. The summed E-state index contributed by atoms with van der Waals surface area (Å²) < 4.78 is 11.8. The molecule has 288 valence electrons. The SMILES string of the molecule is CC(C)CCC[C@@H](C)[C@H]1CCC2C3CC=C4CC(OC(=O)CCCCCOCCCCCC(=O)ON5C(=O)CCC5=O)CC[C@]4(C)C3CC[C@@]21C. The second-order valence-corrected chi connectivity index (χ2v) is 17.9. The van der Waals surface area contributed by atoms with Crippen molar-refractivity contribution in [2.75, 3.05) is 13.2 Å². The molecule has 8 atom stereocenters. The van der Waals surface area contributed by atoms with Gasteiger partial charge in [-0.2, -0.15) is 0 Å². The lowest BCUT2D eigenvalue weighted by atomic mass is 9.47. The van der Waals surface area contributed by atoms with Crippen LogP contribution in [0.2, 0.25) is 0 Å². The van der Waals surface area contributed by atoms with Gasteiger partial charge in [0.15, 0.2) is 0 Å². The van der Waals surface area contributed by atoms with Crippen LogP contribution in [0, 0.1) is 46.3 Å². The predicted molar refractivity (Wildman–Crippen MR) is 198 cm³/mol. The summed E-state index contributed by atoms with van der Waals surface area (Å²) in [5.74, 6) is 3.53. The molecule has 1 heterocycles. The molecule has 0 aromatic rings. The number of amides is 2. The molecule has 0 aromatic heterocycles. The molecule has 0 bridgehead atoms. The van der Waals surface area contributed by atoms with Crippen LogP contribution in [-0.4, -0.2) is 48.1 Å². The van der Waals surface area contributed by atoms with Crippen LogP contribution in [0.15, 0.2) is 11.6 Å². The Morgan fingerprint density at radius 1 is 0.804 bits per heavy atom. The van der Waals surface area contributed by atoms with Crippen molar-refractivity contribution >= 4 is 23.8 Å². The fourth-order valence-electron chi connectivity index (χ4n) is 11.2. The number of esters is 1. The Morgan fingerprint density at radius 2 is 1.49 bits per heavy atom. The van der Waals surface area contributed by atoms with Gasteiger partial charge in [-0.3, -0.25) is 14.4 Å². The molecule has 1 aliphatic heterocycles. The van der Waals surface area contributed by atoms with Gasteiger partial charge in [-0.05, 0) is 117 Å². The summed E-state index contributed by atoms with van der Waals surface area (Å²) in [6.45, 7) is 13.8. The maximum atomic E-state index is 12.8. The average Bonchev–Trinajstić information content (AvgIpc) is 3.61. The van der Waals surface area contributed by atoms with Crippen LogP contribution in [0.5, 0.6) is 0 Å².